The van der Waals surface area contributed by atoms with Crippen LogP contribution in [0.25, 0.3) is 11.5 Å². The van der Waals surface area contributed by atoms with Crippen LogP contribution in [0.5, 0.6) is 0 Å². The molecular weight excluding hydrogens is 342 g/mol. The van der Waals surface area contributed by atoms with E-state index in [9.17, 15) is 4.79 Å². The van der Waals surface area contributed by atoms with Crippen molar-refractivity contribution in [3.05, 3.63) is 23.8 Å². The fourth-order valence-electron chi connectivity index (χ4n) is 3.81. The number of aryl methyl sites for hydroxylation is 2. The molecule has 1 spiro atoms. The van der Waals surface area contributed by atoms with Crippen molar-refractivity contribution in [1.82, 2.24) is 25.0 Å². The maximum atomic E-state index is 12.8. The summed E-state index contributed by atoms with van der Waals surface area (Å²) in [6.07, 6.45) is 6.88. The van der Waals surface area contributed by atoms with Crippen LogP contribution >= 0.6 is 12.4 Å². The highest BCUT2D eigenvalue weighted by Gasteiger charge is 2.38. The lowest BCUT2D eigenvalue weighted by atomic mass is 9.78. The minimum Gasteiger partial charge on any atom is -0.440 e. The number of carbonyl (C=O) groups is 1. The van der Waals surface area contributed by atoms with E-state index in [0.717, 1.165) is 44.6 Å². The monoisotopic (exact) mass is 365 g/mol. The van der Waals surface area contributed by atoms with Gasteiger partial charge < -0.3 is 14.6 Å². The van der Waals surface area contributed by atoms with Gasteiger partial charge in [-0.05, 0) is 38.1 Å². The van der Waals surface area contributed by atoms with E-state index in [4.69, 9.17) is 4.42 Å². The molecule has 1 amide bonds. The van der Waals surface area contributed by atoms with Gasteiger partial charge in [0, 0.05) is 32.9 Å². The van der Waals surface area contributed by atoms with E-state index >= 15 is 0 Å². The first kappa shape index (κ1) is 17.9. The lowest BCUT2D eigenvalue weighted by molar-refractivity contribution is 0.0601. The Kier molecular flexibility index (Phi) is 4.88. The van der Waals surface area contributed by atoms with Crippen LogP contribution in [0, 0.1) is 12.3 Å². The fourth-order valence-corrected chi connectivity index (χ4v) is 3.81. The van der Waals surface area contributed by atoms with Gasteiger partial charge in [0.1, 0.15) is 5.76 Å². The highest BCUT2D eigenvalue weighted by atomic mass is 35.5. The van der Waals surface area contributed by atoms with Crippen molar-refractivity contribution in [1.29, 1.82) is 0 Å². The normalized spacial score (nSPS) is 19.2. The van der Waals surface area contributed by atoms with Crippen molar-refractivity contribution < 1.29 is 9.21 Å². The van der Waals surface area contributed by atoms with Crippen LogP contribution in [0.3, 0.4) is 0 Å². The molecule has 2 aliphatic heterocycles. The van der Waals surface area contributed by atoms with Gasteiger partial charge in [0.05, 0.1) is 11.8 Å². The minimum atomic E-state index is -0.0211. The van der Waals surface area contributed by atoms with E-state index in [1.54, 1.807) is 17.8 Å². The van der Waals surface area contributed by atoms with Gasteiger partial charge in [-0.25, -0.2) is 4.98 Å². The second-order valence-electron chi connectivity index (χ2n) is 7.05. The highest BCUT2D eigenvalue weighted by molar-refractivity contribution is 5.93. The number of nitrogens with one attached hydrogen (secondary N) is 1. The molecule has 0 unspecified atom stereocenters. The molecule has 25 heavy (non-hydrogen) atoms. The molecule has 1 N–H and O–H groups in total. The molecule has 0 atom stereocenters. The second-order valence-corrected chi connectivity index (χ2v) is 7.05. The third kappa shape index (κ3) is 3.30. The molecule has 4 rings (SSSR count). The molecular formula is C17H24ClN5O2. The zero-order valence-corrected chi connectivity index (χ0v) is 15.4. The van der Waals surface area contributed by atoms with Crippen LogP contribution in [0.15, 0.2) is 16.8 Å². The van der Waals surface area contributed by atoms with Crippen molar-refractivity contribution >= 4 is 18.3 Å². The number of piperidine rings is 1. The van der Waals surface area contributed by atoms with E-state index in [1.165, 1.54) is 6.42 Å². The molecule has 0 aromatic carbocycles. The molecule has 0 aliphatic carbocycles. The Morgan fingerprint density at radius 1 is 1.32 bits per heavy atom. The Labute approximate surface area is 153 Å². The molecule has 2 saturated heterocycles. The Morgan fingerprint density at radius 3 is 2.68 bits per heavy atom. The summed E-state index contributed by atoms with van der Waals surface area (Å²) < 4.78 is 7.39. The first-order chi connectivity index (χ1) is 11.6. The summed E-state index contributed by atoms with van der Waals surface area (Å²) in [5.41, 5.74) is 1.61. The lowest BCUT2D eigenvalue weighted by Crippen LogP contribution is -2.44. The molecule has 2 aromatic heterocycles. The van der Waals surface area contributed by atoms with E-state index in [1.807, 2.05) is 18.1 Å². The SMILES string of the molecule is Cc1oc(-c2cnn(C)c2)nc1C(=O)N1CCC2(CCNC2)CC1.Cl. The third-order valence-electron chi connectivity index (χ3n) is 5.39. The van der Waals surface area contributed by atoms with Crippen LogP contribution in [-0.4, -0.2) is 51.8 Å². The van der Waals surface area contributed by atoms with Gasteiger partial charge in [-0.2, -0.15) is 5.10 Å². The molecule has 136 valence electrons. The molecule has 0 radical (unpaired) electrons. The van der Waals surface area contributed by atoms with E-state index in [0.29, 0.717) is 22.8 Å². The molecule has 2 fully saturated rings. The van der Waals surface area contributed by atoms with Crippen LogP contribution in [0.2, 0.25) is 0 Å². The van der Waals surface area contributed by atoms with Gasteiger partial charge in [0.2, 0.25) is 5.89 Å². The van der Waals surface area contributed by atoms with E-state index in [2.05, 4.69) is 15.4 Å². The topological polar surface area (TPSA) is 76.2 Å². The number of rotatable bonds is 2. The van der Waals surface area contributed by atoms with Crippen LogP contribution in [0.1, 0.15) is 35.5 Å². The van der Waals surface area contributed by atoms with E-state index in [-0.39, 0.29) is 18.3 Å². The predicted octanol–water partition coefficient (Wildman–Crippen LogP) is 2.02. The third-order valence-corrected chi connectivity index (χ3v) is 5.39. The number of halogens is 1. The summed E-state index contributed by atoms with van der Waals surface area (Å²) in [6.45, 7) is 5.59. The Morgan fingerprint density at radius 2 is 2.08 bits per heavy atom. The zero-order chi connectivity index (χ0) is 16.7. The quantitative estimate of drug-likeness (QED) is 0.881. The maximum absolute atomic E-state index is 12.8. The van der Waals surface area contributed by atoms with Gasteiger partial charge in [-0.1, -0.05) is 0 Å². The largest absolute Gasteiger partial charge is 0.440 e. The van der Waals surface area contributed by atoms with Crippen LogP contribution < -0.4 is 5.32 Å². The van der Waals surface area contributed by atoms with Gasteiger partial charge in [-0.15, -0.1) is 12.4 Å². The molecule has 0 bridgehead atoms. The number of carbonyl (C=O) groups excluding carboxylic acids is 1. The van der Waals surface area contributed by atoms with Crippen molar-refractivity contribution in [2.45, 2.75) is 26.2 Å². The standard InChI is InChI=1S/C17H23N5O2.ClH/c1-12-14(20-15(24-12)13-9-19-21(2)10-13)16(23)22-7-4-17(5-8-22)3-6-18-11-17;/h9-10,18H,3-8,11H2,1-2H3;1H. The summed E-state index contributed by atoms with van der Waals surface area (Å²) in [7, 11) is 1.84. The number of hydrogen-bond donors (Lipinski definition) is 1. The molecule has 2 aliphatic rings. The number of nitrogens with zero attached hydrogens (tertiary/aromatic N) is 4. The van der Waals surface area contributed by atoms with Crippen molar-refractivity contribution in [2.24, 2.45) is 12.5 Å². The summed E-state index contributed by atoms with van der Waals surface area (Å²) in [5.74, 6) is 1.01. The van der Waals surface area contributed by atoms with Gasteiger partial charge >= 0.3 is 0 Å². The van der Waals surface area contributed by atoms with Crippen molar-refractivity contribution in [2.75, 3.05) is 26.2 Å². The minimum absolute atomic E-state index is 0. The number of likely N-dealkylation sites (tertiary alicyclic amines) is 1. The smallest absolute Gasteiger partial charge is 0.276 e. The first-order valence-electron chi connectivity index (χ1n) is 8.53. The fraction of sp³-hybridized carbons (Fsp3) is 0.588. The highest BCUT2D eigenvalue weighted by Crippen LogP contribution is 2.37. The average molecular weight is 366 g/mol. The maximum Gasteiger partial charge on any atom is 0.276 e. The Bertz CT molecular complexity index is 753. The number of oxazole rings is 1. The first-order valence-corrected chi connectivity index (χ1v) is 8.53. The molecule has 8 heteroatoms. The average Bonchev–Trinajstić information content (AvgIpc) is 3.28. The summed E-state index contributed by atoms with van der Waals surface area (Å²) >= 11 is 0. The summed E-state index contributed by atoms with van der Waals surface area (Å²) in [5, 5.41) is 7.58. The van der Waals surface area contributed by atoms with Crippen molar-refractivity contribution in [3.8, 4) is 11.5 Å². The van der Waals surface area contributed by atoms with Crippen LogP contribution in [-0.2, 0) is 7.05 Å². The lowest BCUT2D eigenvalue weighted by Gasteiger charge is -2.38. The zero-order valence-electron chi connectivity index (χ0n) is 14.6. The van der Waals surface area contributed by atoms with Crippen LogP contribution in [0.4, 0.5) is 0 Å². The van der Waals surface area contributed by atoms with Crippen molar-refractivity contribution in [3.63, 3.8) is 0 Å². The Balaban J connectivity index is 0.00000182. The predicted molar refractivity (Wildman–Crippen MR) is 95.7 cm³/mol. The summed E-state index contributed by atoms with van der Waals surface area (Å²) in [6, 6.07) is 0. The number of amides is 1. The number of aromatic nitrogens is 3. The van der Waals surface area contributed by atoms with E-state index < -0.39 is 0 Å². The van der Waals surface area contributed by atoms with Gasteiger partial charge in [-0.3, -0.25) is 9.48 Å². The molecule has 2 aromatic rings. The van der Waals surface area contributed by atoms with Gasteiger partial charge in [0.15, 0.2) is 5.69 Å². The van der Waals surface area contributed by atoms with Gasteiger partial charge in [0.25, 0.3) is 5.91 Å². The second kappa shape index (κ2) is 6.80. The Hall–Kier alpha value is -1.86. The molecule has 0 saturated carbocycles. The number of hydrogen-bond acceptors (Lipinski definition) is 5. The molecule has 4 heterocycles. The molecule has 7 nitrogen and oxygen atoms in total. The summed E-state index contributed by atoms with van der Waals surface area (Å²) in [4.78, 5) is 19.2.